The number of halogens is 2. The van der Waals surface area contributed by atoms with Gasteiger partial charge in [-0.1, -0.05) is 25.1 Å². The Hall–Kier alpha value is -6.52. The number of aliphatic carboxylic acids is 3. The molecule has 2 unspecified atom stereocenters. The van der Waals surface area contributed by atoms with E-state index in [-0.39, 0.29) is 143 Å². The number of carbonyl (C=O) groups is 9. The van der Waals surface area contributed by atoms with Crippen LogP contribution in [0, 0.1) is 23.2 Å². The van der Waals surface area contributed by atoms with Gasteiger partial charge in [0.1, 0.15) is 24.2 Å². The van der Waals surface area contributed by atoms with Crippen LogP contribution in [-0.4, -0.2) is 260 Å². The van der Waals surface area contributed by atoms with E-state index in [1.807, 2.05) is 6.07 Å². The molecule has 6 amide bonds. The first kappa shape index (κ1) is 63.7. The van der Waals surface area contributed by atoms with Gasteiger partial charge < -0.3 is 66.4 Å². The molecule has 4 fully saturated rings. The van der Waals surface area contributed by atoms with Gasteiger partial charge in [0, 0.05) is 103 Å². The highest BCUT2D eigenvalue weighted by Gasteiger charge is 2.50. The van der Waals surface area contributed by atoms with Crippen molar-refractivity contribution in [1.29, 1.82) is 5.26 Å². The number of ether oxygens (including phenoxy) is 1. The van der Waals surface area contributed by atoms with E-state index in [2.05, 4.69) is 21.3 Å². The number of nitriles is 1. The van der Waals surface area contributed by atoms with Gasteiger partial charge in [-0.2, -0.15) is 5.26 Å². The van der Waals surface area contributed by atoms with Gasteiger partial charge >= 0.3 is 17.9 Å². The van der Waals surface area contributed by atoms with Crippen LogP contribution in [0.25, 0.3) is 0 Å². The number of carboxylic acid groups (broad SMARTS) is 3. The van der Waals surface area contributed by atoms with Gasteiger partial charge in [-0.15, -0.1) is 0 Å². The number of likely N-dealkylation sites (tertiary alicyclic amines) is 1. The number of amides is 6. The standard InChI is InChI=1S/C52H75F2N11O16/c1-31-47(76)46(39(29-66)81-51(31)80)59-49(78)37(7-2-3-10-56-41(68)25-60-11-13-61(26-43(70)71)15-17-63(28-45(74)75)18-16-62(14-12-60)27-44(72)73)57-40(67)9-8-32-5-4-6-33-23-64(24-36(32)33)42(69)20-34-19-38(58-48(34)77)50(79)65-30-52(53,54)21-35(65)22-55/h4-6,31,34-35,37-39,46-47,51,66,76,80H,2-3,7-21,23-30H2,1H3,(H,56,68)(H,57,67)(H,58,77)(H,59,78)(H,70,71)(H,72,73)(H,74,75)/t31-,34-,35-,37?,38-,39-,46-,47-,51?/m0/s1. The zero-order chi connectivity index (χ0) is 59.1. The zero-order valence-electron chi connectivity index (χ0n) is 45.3. The van der Waals surface area contributed by atoms with Crippen LogP contribution < -0.4 is 21.3 Å². The van der Waals surface area contributed by atoms with Crippen LogP contribution in [0.15, 0.2) is 18.2 Å². The number of carboxylic acids is 3. The molecular weight excluding hydrogens is 1070 g/mol. The molecule has 0 saturated carbocycles. The second kappa shape index (κ2) is 29.5. The Morgan fingerprint density at radius 1 is 0.852 bits per heavy atom. The van der Waals surface area contributed by atoms with E-state index in [1.54, 1.807) is 37.8 Å². The fraction of sp³-hybridized carbons (Fsp3) is 0.692. The van der Waals surface area contributed by atoms with E-state index in [0.717, 1.165) is 21.6 Å². The van der Waals surface area contributed by atoms with Crippen LogP contribution >= 0.6 is 0 Å². The Bertz CT molecular complexity index is 2460. The highest BCUT2D eigenvalue weighted by atomic mass is 19.3. The van der Waals surface area contributed by atoms with Gasteiger partial charge in [0.2, 0.25) is 35.4 Å². The highest BCUT2D eigenvalue weighted by molar-refractivity contribution is 5.95. The van der Waals surface area contributed by atoms with Crippen LogP contribution in [0.1, 0.15) is 68.6 Å². The minimum absolute atomic E-state index is 0.0498. The molecule has 0 bridgehead atoms. The minimum Gasteiger partial charge on any atom is -0.480 e. The van der Waals surface area contributed by atoms with Crippen molar-refractivity contribution in [3.05, 3.63) is 34.9 Å². The summed E-state index contributed by atoms with van der Waals surface area (Å²) >= 11 is 0. The average molecular weight is 1150 g/mol. The first-order valence-electron chi connectivity index (χ1n) is 27.2. The third-order valence-electron chi connectivity index (χ3n) is 15.5. The Morgan fingerprint density at radius 2 is 1.44 bits per heavy atom. The predicted octanol–water partition coefficient (Wildman–Crippen LogP) is -3.45. The van der Waals surface area contributed by atoms with E-state index >= 15 is 0 Å². The third-order valence-corrected chi connectivity index (χ3v) is 15.5. The maximum absolute atomic E-state index is 14.1. The summed E-state index contributed by atoms with van der Waals surface area (Å²) in [6.45, 7) is 1.01. The predicted molar refractivity (Wildman–Crippen MR) is 277 cm³/mol. The van der Waals surface area contributed by atoms with Crippen molar-refractivity contribution < 1.29 is 87.3 Å². The van der Waals surface area contributed by atoms with E-state index < -0.39 is 127 Å². The van der Waals surface area contributed by atoms with Gasteiger partial charge in [-0.3, -0.25) is 62.8 Å². The molecule has 5 aliphatic heterocycles. The number of nitrogens with one attached hydrogen (secondary N) is 4. The molecule has 0 aromatic heterocycles. The number of aryl methyl sites for hydroxylation is 1. The monoisotopic (exact) mass is 1150 g/mol. The second-order valence-electron chi connectivity index (χ2n) is 21.6. The van der Waals surface area contributed by atoms with Crippen molar-refractivity contribution in [2.75, 3.05) is 98.2 Å². The van der Waals surface area contributed by atoms with Gasteiger partial charge in [-0.05, 0) is 48.8 Å². The number of unbranched alkanes of at least 4 members (excludes halogenated alkanes) is 1. The lowest BCUT2D eigenvalue weighted by atomic mass is 9.90. The molecule has 448 valence electrons. The molecule has 6 rings (SSSR count). The van der Waals surface area contributed by atoms with Crippen molar-refractivity contribution in [1.82, 2.24) is 50.7 Å². The number of alkyl halides is 2. The molecular formula is C52H75F2N11O16. The molecule has 10 N–H and O–H groups in total. The summed E-state index contributed by atoms with van der Waals surface area (Å²) in [5, 5.41) is 80.0. The summed E-state index contributed by atoms with van der Waals surface area (Å²) in [6, 6.07) is 2.24. The summed E-state index contributed by atoms with van der Waals surface area (Å²) in [7, 11) is 0. The second-order valence-corrected chi connectivity index (χ2v) is 21.6. The topological polar surface area (TPSA) is 376 Å². The third kappa shape index (κ3) is 18.5. The Kier molecular flexibility index (Phi) is 23.1. The SMILES string of the molecule is C[C@@H]1C(O)O[C@@H](CO)[C@H](NC(=O)C(CCCCNC(=O)CN2CCN(CC(=O)O)CCN(CC(=O)O)CCN(CC(=O)O)CC2)NC(=O)CCc2cccc3c2CN(C(=O)C[C@@H]2C[C@@H](C(=O)N4CC(F)(F)C[C@H]4C#N)NC2=O)C3)[C@H]1O. The molecule has 1 aromatic carbocycles. The van der Waals surface area contributed by atoms with E-state index in [0.29, 0.717) is 6.42 Å². The molecule has 4 saturated heterocycles. The molecule has 27 nitrogen and oxygen atoms in total. The quantitative estimate of drug-likeness (QED) is 0.0477. The number of aliphatic hydroxyl groups is 3. The smallest absolute Gasteiger partial charge is 0.317 e. The summed E-state index contributed by atoms with van der Waals surface area (Å²) in [5.41, 5.74) is 2.32. The number of carbonyl (C=O) groups excluding carboxylic acids is 6. The van der Waals surface area contributed by atoms with E-state index in [9.17, 15) is 87.8 Å². The highest BCUT2D eigenvalue weighted by Crippen LogP contribution is 2.34. The van der Waals surface area contributed by atoms with Crippen LogP contribution in [0.3, 0.4) is 0 Å². The Morgan fingerprint density at radius 3 is 2.01 bits per heavy atom. The molecule has 0 spiro atoms. The van der Waals surface area contributed by atoms with Gasteiger partial charge in [0.15, 0.2) is 6.29 Å². The summed E-state index contributed by atoms with van der Waals surface area (Å²) < 4.78 is 33.6. The normalized spacial score (nSPS) is 26.3. The number of aliphatic hydroxyl groups excluding tert-OH is 3. The Labute approximate surface area is 466 Å². The first-order valence-corrected chi connectivity index (χ1v) is 27.2. The summed E-state index contributed by atoms with van der Waals surface area (Å²) in [4.78, 5) is 125. The van der Waals surface area contributed by atoms with Crippen LogP contribution in [0.5, 0.6) is 0 Å². The molecule has 0 aliphatic carbocycles. The lowest BCUT2D eigenvalue weighted by Gasteiger charge is -2.42. The Balaban J connectivity index is 1.03. The average Bonchev–Trinajstić information content (AvgIpc) is 4.26. The molecule has 81 heavy (non-hydrogen) atoms. The molecule has 5 heterocycles. The van der Waals surface area contributed by atoms with Crippen LogP contribution in [0.2, 0.25) is 0 Å². The minimum atomic E-state index is -3.24. The number of rotatable bonds is 23. The number of fused-ring (bicyclic) bond motifs is 1. The molecule has 5 aliphatic rings. The fourth-order valence-corrected chi connectivity index (χ4v) is 10.9. The molecule has 29 heteroatoms. The maximum atomic E-state index is 14.1. The van der Waals surface area contributed by atoms with Crippen LogP contribution in [-0.2, 0) is 67.4 Å². The number of nitrogens with zero attached hydrogens (tertiary/aromatic N) is 7. The molecule has 9 atom stereocenters. The van der Waals surface area contributed by atoms with E-state index in [1.165, 1.54) is 11.8 Å². The van der Waals surface area contributed by atoms with E-state index in [4.69, 9.17) is 4.74 Å². The van der Waals surface area contributed by atoms with Gasteiger partial charge in [0.05, 0.1) is 57.5 Å². The zero-order valence-corrected chi connectivity index (χ0v) is 45.3. The fourth-order valence-electron chi connectivity index (χ4n) is 10.9. The maximum Gasteiger partial charge on any atom is 0.317 e. The number of benzene rings is 1. The summed E-state index contributed by atoms with van der Waals surface area (Å²) in [5.74, 6) is -11.7. The largest absolute Gasteiger partial charge is 0.480 e. The van der Waals surface area contributed by atoms with Gasteiger partial charge in [-0.25, -0.2) is 8.78 Å². The van der Waals surface area contributed by atoms with Crippen molar-refractivity contribution >= 4 is 53.4 Å². The molecule has 0 radical (unpaired) electrons. The number of hydrogen-bond donors (Lipinski definition) is 10. The van der Waals surface area contributed by atoms with Gasteiger partial charge in [0.25, 0.3) is 5.92 Å². The van der Waals surface area contributed by atoms with Crippen molar-refractivity contribution in [2.24, 2.45) is 11.8 Å². The lowest BCUT2D eigenvalue weighted by molar-refractivity contribution is -0.238. The van der Waals surface area contributed by atoms with Crippen LogP contribution in [0.4, 0.5) is 8.78 Å². The number of hydrogen-bond acceptors (Lipinski definition) is 18. The molecule has 1 aromatic rings. The summed E-state index contributed by atoms with van der Waals surface area (Å²) in [6.07, 6.45) is -4.41. The van der Waals surface area contributed by atoms with Crippen molar-refractivity contribution in [3.63, 3.8) is 0 Å². The van der Waals surface area contributed by atoms with Crippen molar-refractivity contribution in [3.8, 4) is 6.07 Å². The first-order chi connectivity index (χ1) is 38.4. The lowest BCUT2D eigenvalue weighted by Crippen LogP contribution is -2.63. The van der Waals surface area contributed by atoms with Crippen molar-refractivity contribution in [2.45, 2.75) is 120 Å².